The number of nitrogens with one attached hydrogen (secondary N) is 1. The molecule has 2 heterocycles. The molecular weight excluding hydrogens is 392 g/mol. The standard InChI is InChI=1S/C19H18N6OS2/c1-11-7-8-12(2)14(9-11)25-19(22-23-24-25)27-10-16(26)20-18-21-17-13(3)5-4-6-15(17)28-18/h4-9H,10H2,1-3H3,(H,20,21,26). The van der Waals surface area contributed by atoms with Crippen molar-refractivity contribution in [1.82, 2.24) is 25.2 Å². The molecule has 28 heavy (non-hydrogen) atoms. The highest BCUT2D eigenvalue weighted by Gasteiger charge is 2.15. The van der Waals surface area contributed by atoms with Gasteiger partial charge in [0, 0.05) is 0 Å². The van der Waals surface area contributed by atoms with Gasteiger partial charge in [-0.05, 0) is 60.0 Å². The number of carbonyl (C=O) groups is 1. The molecule has 0 fully saturated rings. The van der Waals surface area contributed by atoms with Crippen molar-refractivity contribution in [3.8, 4) is 5.69 Å². The summed E-state index contributed by atoms with van der Waals surface area (Å²) in [4.78, 5) is 16.9. The first-order valence-corrected chi connectivity index (χ1v) is 10.5. The van der Waals surface area contributed by atoms with Crippen LogP contribution in [0, 0.1) is 20.8 Å². The average molecular weight is 411 g/mol. The first-order valence-electron chi connectivity index (χ1n) is 8.66. The number of nitrogens with zero attached hydrogens (tertiary/aromatic N) is 5. The Morgan fingerprint density at radius 1 is 1.18 bits per heavy atom. The number of anilines is 1. The quantitative estimate of drug-likeness (QED) is 0.502. The first-order chi connectivity index (χ1) is 13.5. The smallest absolute Gasteiger partial charge is 0.236 e. The Balaban J connectivity index is 1.46. The maximum absolute atomic E-state index is 12.4. The van der Waals surface area contributed by atoms with Gasteiger partial charge in [0.25, 0.3) is 0 Å². The van der Waals surface area contributed by atoms with Crippen LogP contribution in [0.25, 0.3) is 15.9 Å². The van der Waals surface area contributed by atoms with Crippen LogP contribution >= 0.6 is 23.1 Å². The molecule has 7 nitrogen and oxygen atoms in total. The molecule has 0 aliphatic rings. The van der Waals surface area contributed by atoms with Crippen molar-refractivity contribution in [2.45, 2.75) is 25.9 Å². The summed E-state index contributed by atoms with van der Waals surface area (Å²) in [5.41, 5.74) is 5.12. The summed E-state index contributed by atoms with van der Waals surface area (Å²) in [5.74, 6) is 0.0531. The molecule has 142 valence electrons. The number of aromatic nitrogens is 5. The Kier molecular flexibility index (Phi) is 5.10. The number of hydrogen-bond acceptors (Lipinski definition) is 7. The van der Waals surface area contributed by atoms with Crippen molar-refractivity contribution in [1.29, 1.82) is 0 Å². The lowest BCUT2D eigenvalue weighted by Gasteiger charge is -2.08. The second kappa shape index (κ2) is 7.69. The third kappa shape index (κ3) is 3.76. The van der Waals surface area contributed by atoms with Crippen LogP contribution < -0.4 is 5.32 Å². The second-order valence-corrected chi connectivity index (χ2v) is 8.41. The van der Waals surface area contributed by atoms with Crippen LogP contribution in [0.15, 0.2) is 41.6 Å². The molecule has 0 atom stereocenters. The van der Waals surface area contributed by atoms with Crippen molar-refractivity contribution in [3.63, 3.8) is 0 Å². The van der Waals surface area contributed by atoms with Gasteiger partial charge < -0.3 is 5.32 Å². The molecule has 9 heteroatoms. The molecule has 1 N–H and O–H groups in total. The third-order valence-corrected chi connectivity index (χ3v) is 6.09. The molecule has 0 bridgehead atoms. The van der Waals surface area contributed by atoms with Gasteiger partial charge in [-0.2, -0.15) is 4.68 Å². The second-order valence-electron chi connectivity index (χ2n) is 6.44. The Bertz CT molecular complexity index is 1170. The molecular formula is C19H18N6OS2. The number of amides is 1. The van der Waals surface area contributed by atoms with E-state index in [4.69, 9.17) is 0 Å². The Morgan fingerprint density at radius 3 is 2.86 bits per heavy atom. The van der Waals surface area contributed by atoms with Crippen LogP contribution in [-0.2, 0) is 4.79 Å². The monoisotopic (exact) mass is 410 g/mol. The lowest BCUT2D eigenvalue weighted by molar-refractivity contribution is -0.113. The number of benzene rings is 2. The molecule has 1 amide bonds. The number of rotatable bonds is 5. The van der Waals surface area contributed by atoms with Gasteiger partial charge in [-0.15, -0.1) is 5.10 Å². The minimum absolute atomic E-state index is 0.141. The SMILES string of the molecule is Cc1ccc(C)c(-n2nnnc2SCC(=O)Nc2nc3c(C)cccc3s2)c1. The molecule has 4 aromatic rings. The van der Waals surface area contributed by atoms with Gasteiger partial charge >= 0.3 is 0 Å². The number of thioether (sulfide) groups is 1. The molecule has 0 aliphatic carbocycles. The number of fused-ring (bicyclic) bond motifs is 1. The number of thiazole rings is 1. The van der Waals surface area contributed by atoms with Gasteiger partial charge in [0.1, 0.15) is 0 Å². The summed E-state index contributed by atoms with van der Waals surface area (Å²) in [6, 6.07) is 12.1. The van der Waals surface area contributed by atoms with E-state index in [0.29, 0.717) is 10.3 Å². The molecule has 0 radical (unpaired) electrons. The van der Waals surface area contributed by atoms with E-state index in [1.165, 1.54) is 23.1 Å². The normalized spacial score (nSPS) is 11.1. The topological polar surface area (TPSA) is 85.6 Å². The summed E-state index contributed by atoms with van der Waals surface area (Å²) >= 11 is 2.76. The summed E-state index contributed by atoms with van der Waals surface area (Å²) < 4.78 is 2.73. The Morgan fingerprint density at radius 2 is 2.04 bits per heavy atom. The fourth-order valence-electron chi connectivity index (χ4n) is 2.79. The molecule has 0 spiro atoms. The van der Waals surface area contributed by atoms with Crippen LogP contribution in [0.3, 0.4) is 0 Å². The molecule has 2 aromatic carbocycles. The maximum Gasteiger partial charge on any atom is 0.236 e. The summed E-state index contributed by atoms with van der Waals surface area (Å²) in [6.45, 7) is 6.04. The lowest BCUT2D eigenvalue weighted by Crippen LogP contribution is -2.14. The highest BCUT2D eigenvalue weighted by molar-refractivity contribution is 7.99. The van der Waals surface area contributed by atoms with E-state index >= 15 is 0 Å². The van der Waals surface area contributed by atoms with Crippen LogP contribution in [-0.4, -0.2) is 36.9 Å². The van der Waals surface area contributed by atoms with Crippen LogP contribution in [0.2, 0.25) is 0 Å². The first kappa shape index (κ1) is 18.6. The van der Waals surface area contributed by atoms with Gasteiger partial charge in [-0.25, -0.2) is 4.98 Å². The van der Waals surface area contributed by atoms with Crippen LogP contribution in [0.4, 0.5) is 5.13 Å². The Labute approximate surface area is 170 Å². The zero-order valence-electron chi connectivity index (χ0n) is 15.6. The largest absolute Gasteiger partial charge is 0.301 e. The van der Waals surface area contributed by atoms with Crippen molar-refractivity contribution >= 4 is 44.4 Å². The van der Waals surface area contributed by atoms with Gasteiger partial charge in [0.2, 0.25) is 11.1 Å². The summed E-state index contributed by atoms with van der Waals surface area (Å²) in [7, 11) is 0. The highest BCUT2D eigenvalue weighted by Crippen LogP contribution is 2.28. The summed E-state index contributed by atoms with van der Waals surface area (Å²) in [6.07, 6.45) is 0. The molecule has 0 unspecified atom stereocenters. The molecule has 0 aliphatic heterocycles. The maximum atomic E-state index is 12.4. The number of carbonyl (C=O) groups excluding carboxylic acids is 1. The minimum Gasteiger partial charge on any atom is -0.301 e. The van der Waals surface area contributed by atoms with Crippen molar-refractivity contribution in [2.75, 3.05) is 11.1 Å². The average Bonchev–Trinajstić information content (AvgIpc) is 3.29. The predicted octanol–water partition coefficient (Wildman–Crippen LogP) is 3.93. The molecule has 4 rings (SSSR count). The van der Waals surface area contributed by atoms with E-state index in [1.807, 2.05) is 57.2 Å². The molecule has 0 saturated heterocycles. The van der Waals surface area contributed by atoms with E-state index in [0.717, 1.165) is 32.6 Å². The van der Waals surface area contributed by atoms with Crippen molar-refractivity contribution in [2.24, 2.45) is 0 Å². The number of hydrogen-bond donors (Lipinski definition) is 1. The lowest BCUT2D eigenvalue weighted by atomic mass is 10.1. The minimum atomic E-state index is -0.141. The third-order valence-electron chi connectivity index (χ3n) is 4.23. The zero-order chi connectivity index (χ0) is 19.7. The Hall–Kier alpha value is -2.78. The predicted molar refractivity (Wildman–Crippen MR) is 112 cm³/mol. The summed E-state index contributed by atoms with van der Waals surface area (Å²) in [5, 5.41) is 16.0. The van der Waals surface area contributed by atoms with Gasteiger partial charge in [-0.1, -0.05) is 47.4 Å². The van der Waals surface area contributed by atoms with E-state index < -0.39 is 0 Å². The van der Waals surface area contributed by atoms with E-state index in [9.17, 15) is 4.79 Å². The molecule has 0 saturated carbocycles. The molecule has 2 aromatic heterocycles. The van der Waals surface area contributed by atoms with Gasteiger partial charge in [-0.3, -0.25) is 4.79 Å². The fourth-order valence-corrected chi connectivity index (χ4v) is 4.44. The number of tetrazole rings is 1. The number of aryl methyl sites for hydroxylation is 3. The van der Waals surface area contributed by atoms with Gasteiger partial charge in [0.05, 0.1) is 21.7 Å². The number of para-hydroxylation sites is 1. The van der Waals surface area contributed by atoms with E-state index in [-0.39, 0.29) is 11.7 Å². The van der Waals surface area contributed by atoms with Crippen molar-refractivity contribution in [3.05, 3.63) is 53.1 Å². The van der Waals surface area contributed by atoms with E-state index in [2.05, 4.69) is 25.8 Å². The highest BCUT2D eigenvalue weighted by atomic mass is 32.2. The van der Waals surface area contributed by atoms with Gasteiger partial charge in [0.15, 0.2) is 5.13 Å². The van der Waals surface area contributed by atoms with Crippen LogP contribution in [0.1, 0.15) is 16.7 Å². The van der Waals surface area contributed by atoms with E-state index in [1.54, 1.807) is 4.68 Å². The van der Waals surface area contributed by atoms with Crippen LogP contribution in [0.5, 0.6) is 0 Å². The van der Waals surface area contributed by atoms with Crippen molar-refractivity contribution < 1.29 is 4.79 Å². The zero-order valence-corrected chi connectivity index (χ0v) is 17.3. The fraction of sp³-hybridized carbons (Fsp3) is 0.211.